The summed E-state index contributed by atoms with van der Waals surface area (Å²) in [5, 5.41) is 10.1. The number of benzene rings is 2. The van der Waals surface area contributed by atoms with E-state index in [-0.39, 0.29) is 10.4 Å². The topological polar surface area (TPSA) is 29.5 Å². The predicted molar refractivity (Wildman–Crippen MR) is 78.9 cm³/mol. The second-order valence-electron chi connectivity index (χ2n) is 5.50. The van der Waals surface area contributed by atoms with Gasteiger partial charge in [0.1, 0.15) is 0 Å². The summed E-state index contributed by atoms with van der Waals surface area (Å²) in [6, 6.07) is 21.0. The van der Waals surface area contributed by atoms with Gasteiger partial charge in [0.05, 0.1) is 0 Å². The van der Waals surface area contributed by atoms with E-state index in [1.807, 2.05) is 18.2 Å². The zero-order valence-electron chi connectivity index (χ0n) is 11.0. The summed E-state index contributed by atoms with van der Waals surface area (Å²) in [4.78, 5) is 0. The number of hydrogen-bond acceptors (Lipinski definition) is 2. The number of aliphatic hydroxyl groups is 1. The van der Waals surface area contributed by atoms with Crippen molar-refractivity contribution in [3.8, 4) is 0 Å². The molecular weight excluding hydrogens is 315 g/mol. The summed E-state index contributed by atoms with van der Waals surface area (Å²) in [6.07, 6.45) is 0.539. The van der Waals surface area contributed by atoms with Crippen LogP contribution in [0.2, 0.25) is 4.31 Å². The second kappa shape index (κ2) is 4.71. The monoisotopic (exact) mass is 332 g/mol. The number of fused-ring (bicyclic) bond motifs is 1. The standard InChI is InChI=1S/C17H16O2Se/c18-16-14-11-17(14,20-13-9-5-2-6-10-13)15(19-16)12-7-3-1-4-8-12/h1-10,14-16,18H,11H2/t14-,15-,16+,17+/m1/s1. The van der Waals surface area contributed by atoms with E-state index < -0.39 is 6.29 Å². The van der Waals surface area contributed by atoms with Crippen molar-refractivity contribution in [1.29, 1.82) is 0 Å². The molecule has 0 bridgehead atoms. The van der Waals surface area contributed by atoms with Crippen LogP contribution in [0.1, 0.15) is 18.1 Å². The molecule has 102 valence electrons. The van der Waals surface area contributed by atoms with Gasteiger partial charge in [-0.05, 0) is 0 Å². The Morgan fingerprint density at radius 3 is 2.30 bits per heavy atom. The van der Waals surface area contributed by atoms with E-state index >= 15 is 0 Å². The maximum absolute atomic E-state index is 10.1. The first-order chi connectivity index (χ1) is 9.79. The van der Waals surface area contributed by atoms with Crippen molar-refractivity contribution in [2.24, 2.45) is 5.92 Å². The third kappa shape index (κ3) is 1.94. The van der Waals surface area contributed by atoms with Crippen LogP contribution in [0.4, 0.5) is 0 Å². The first-order valence-electron chi connectivity index (χ1n) is 6.92. The summed E-state index contributed by atoms with van der Waals surface area (Å²) in [7, 11) is 0. The Morgan fingerprint density at radius 2 is 1.65 bits per heavy atom. The van der Waals surface area contributed by atoms with Gasteiger partial charge in [0.2, 0.25) is 0 Å². The van der Waals surface area contributed by atoms with E-state index in [4.69, 9.17) is 4.74 Å². The number of ether oxygens (including phenoxy) is 1. The van der Waals surface area contributed by atoms with Gasteiger partial charge in [0.25, 0.3) is 0 Å². The zero-order chi connectivity index (χ0) is 13.6. The molecule has 3 heteroatoms. The summed E-state index contributed by atoms with van der Waals surface area (Å²) >= 11 is 0.330. The van der Waals surface area contributed by atoms with Crippen LogP contribution >= 0.6 is 0 Å². The quantitative estimate of drug-likeness (QED) is 0.875. The van der Waals surface area contributed by atoms with Crippen LogP contribution in [-0.4, -0.2) is 26.4 Å². The summed E-state index contributed by atoms with van der Waals surface area (Å²) in [6.45, 7) is 0. The molecule has 2 nitrogen and oxygen atoms in total. The number of hydrogen-bond donors (Lipinski definition) is 1. The van der Waals surface area contributed by atoms with E-state index in [9.17, 15) is 5.11 Å². The van der Waals surface area contributed by atoms with Gasteiger partial charge in [-0.25, -0.2) is 0 Å². The number of rotatable bonds is 3. The number of aliphatic hydroxyl groups excluding tert-OH is 1. The van der Waals surface area contributed by atoms with Crippen LogP contribution in [-0.2, 0) is 4.74 Å². The molecule has 2 aromatic rings. The minimum atomic E-state index is -0.592. The minimum absolute atomic E-state index is 0.0453. The second-order valence-corrected chi connectivity index (χ2v) is 8.51. The van der Waals surface area contributed by atoms with Crippen molar-refractivity contribution in [2.75, 3.05) is 0 Å². The Labute approximate surface area is 124 Å². The average molecular weight is 331 g/mol. The fourth-order valence-electron chi connectivity index (χ4n) is 3.15. The van der Waals surface area contributed by atoms with Crippen LogP contribution in [0, 0.1) is 5.92 Å². The molecule has 1 saturated heterocycles. The molecule has 0 unspecified atom stereocenters. The van der Waals surface area contributed by atoms with E-state index in [0.717, 1.165) is 6.42 Å². The Balaban J connectivity index is 1.66. The Bertz CT molecular complexity index is 601. The molecule has 2 aliphatic rings. The molecule has 0 spiro atoms. The molecule has 0 aromatic heterocycles. The van der Waals surface area contributed by atoms with Gasteiger partial charge in [-0.3, -0.25) is 0 Å². The summed E-state index contributed by atoms with van der Waals surface area (Å²) in [5.74, 6) is 0.313. The fraction of sp³-hybridized carbons (Fsp3) is 0.294. The van der Waals surface area contributed by atoms with Gasteiger partial charge < -0.3 is 0 Å². The van der Waals surface area contributed by atoms with E-state index in [2.05, 4.69) is 42.5 Å². The third-order valence-corrected chi connectivity index (χ3v) is 7.52. The molecule has 1 heterocycles. The molecule has 2 aromatic carbocycles. The predicted octanol–water partition coefficient (Wildman–Crippen LogP) is 2.28. The van der Waals surface area contributed by atoms with Crippen molar-refractivity contribution in [1.82, 2.24) is 0 Å². The van der Waals surface area contributed by atoms with Gasteiger partial charge >= 0.3 is 125 Å². The summed E-state index contributed by atoms with van der Waals surface area (Å²) < 4.78 is 7.39. The van der Waals surface area contributed by atoms with E-state index in [0.29, 0.717) is 20.9 Å². The molecule has 4 atom stereocenters. The molecule has 0 amide bonds. The van der Waals surface area contributed by atoms with Crippen molar-refractivity contribution >= 4 is 19.4 Å². The van der Waals surface area contributed by atoms with Gasteiger partial charge in [-0.15, -0.1) is 0 Å². The third-order valence-electron chi connectivity index (χ3n) is 4.22. The molecule has 1 aliphatic heterocycles. The molecule has 1 N–H and O–H groups in total. The van der Waals surface area contributed by atoms with Gasteiger partial charge in [0, 0.05) is 0 Å². The maximum atomic E-state index is 10.1. The molecule has 4 rings (SSSR count). The van der Waals surface area contributed by atoms with Gasteiger partial charge in [0.15, 0.2) is 0 Å². The zero-order valence-corrected chi connectivity index (χ0v) is 12.7. The van der Waals surface area contributed by atoms with Crippen molar-refractivity contribution in [3.63, 3.8) is 0 Å². The van der Waals surface area contributed by atoms with Crippen LogP contribution in [0.3, 0.4) is 0 Å². The van der Waals surface area contributed by atoms with Crippen molar-refractivity contribution in [2.45, 2.75) is 23.1 Å². The molecule has 0 radical (unpaired) electrons. The van der Waals surface area contributed by atoms with E-state index in [1.54, 1.807) is 0 Å². The fourth-order valence-corrected chi connectivity index (χ4v) is 6.42. The van der Waals surface area contributed by atoms with Gasteiger partial charge in [-0.2, -0.15) is 0 Å². The van der Waals surface area contributed by atoms with E-state index in [1.165, 1.54) is 10.0 Å². The normalized spacial score (nSPS) is 34.8. The van der Waals surface area contributed by atoms with Crippen molar-refractivity contribution in [3.05, 3.63) is 66.2 Å². The van der Waals surface area contributed by atoms with Gasteiger partial charge in [-0.1, -0.05) is 0 Å². The SMILES string of the molecule is O[C@H]1O[C@H](c2ccccc2)[C@]2([Se]c3ccccc3)C[C@H]12. The van der Waals surface area contributed by atoms with Crippen LogP contribution < -0.4 is 4.46 Å². The molecular formula is C17H16O2Se. The first kappa shape index (κ1) is 12.6. The first-order valence-corrected chi connectivity index (χ1v) is 8.63. The van der Waals surface area contributed by atoms with Crippen molar-refractivity contribution < 1.29 is 9.84 Å². The van der Waals surface area contributed by atoms with Crippen LogP contribution in [0.15, 0.2) is 60.7 Å². The summed E-state index contributed by atoms with van der Waals surface area (Å²) in [5.41, 5.74) is 1.20. The Kier molecular flexibility index (Phi) is 2.97. The molecule has 2 fully saturated rings. The van der Waals surface area contributed by atoms with Crippen LogP contribution in [0.25, 0.3) is 0 Å². The molecule has 1 saturated carbocycles. The average Bonchev–Trinajstić information content (AvgIpc) is 3.15. The van der Waals surface area contributed by atoms with Crippen LogP contribution in [0.5, 0.6) is 0 Å². The molecule has 1 aliphatic carbocycles. The Morgan fingerprint density at radius 1 is 1.00 bits per heavy atom. The Hall–Kier alpha value is -1.12. The molecule has 20 heavy (non-hydrogen) atoms.